The molecule has 3 aromatic rings. The van der Waals surface area contributed by atoms with Crippen LogP contribution in [0.15, 0.2) is 78.9 Å². The number of carbonyl (C=O) groups excluding carboxylic acids is 1. The van der Waals surface area contributed by atoms with E-state index in [1.165, 1.54) is 0 Å². The first kappa shape index (κ1) is 16.0. The summed E-state index contributed by atoms with van der Waals surface area (Å²) in [5, 5.41) is 9.60. The Bertz CT molecular complexity index is 811. The van der Waals surface area contributed by atoms with E-state index in [9.17, 15) is 9.90 Å². The molecule has 0 aliphatic rings. The van der Waals surface area contributed by atoms with Crippen molar-refractivity contribution >= 4 is 5.97 Å². The molecule has 0 fully saturated rings. The molecule has 0 amide bonds. The lowest BCUT2D eigenvalue weighted by Gasteiger charge is -2.14. The highest BCUT2D eigenvalue weighted by atomic mass is 16.5. The summed E-state index contributed by atoms with van der Waals surface area (Å²) in [6.45, 7) is -0.181. The normalized spacial score (nSPS) is 10.4. The summed E-state index contributed by atoms with van der Waals surface area (Å²) in [7, 11) is 0. The molecule has 3 aromatic carbocycles. The number of hydrogen-bond donors (Lipinski definition) is 1. The Morgan fingerprint density at radius 3 is 2.08 bits per heavy atom. The number of rotatable bonds is 5. The average molecular weight is 318 g/mol. The molecule has 0 aliphatic heterocycles. The van der Waals surface area contributed by atoms with E-state index in [4.69, 9.17) is 4.74 Å². The molecule has 0 bridgehead atoms. The van der Waals surface area contributed by atoms with Crippen LogP contribution in [0.1, 0.15) is 27.0 Å². The van der Waals surface area contributed by atoms with Gasteiger partial charge in [0, 0.05) is 12.0 Å². The third-order valence-electron chi connectivity index (χ3n) is 3.79. The number of ether oxygens (including phenoxy) is 1. The molecule has 0 saturated carbocycles. The van der Waals surface area contributed by atoms with Crippen molar-refractivity contribution in [2.75, 3.05) is 0 Å². The Hall–Kier alpha value is -2.91. The Labute approximate surface area is 141 Å². The minimum absolute atomic E-state index is 0.181. The summed E-state index contributed by atoms with van der Waals surface area (Å²) >= 11 is 0. The fraction of sp³-hybridized carbons (Fsp3) is 0.0952. The molecule has 24 heavy (non-hydrogen) atoms. The van der Waals surface area contributed by atoms with E-state index < -0.39 is 5.97 Å². The Kier molecular flexibility index (Phi) is 5.04. The summed E-state index contributed by atoms with van der Waals surface area (Å²) in [6, 6.07) is 24.3. The second-order valence-corrected chi connectivity index (χ2v) is 5.48. The van der Waals surface area contributed by atoms with Crippen LogP contribution < -0.4 is 4.74 Å². The van der Waals surface area contributed by atoms with Crippen molar-refractivity contribution in [3.8, 4) is 5.75 Å². The molecule has 0 atom stereocenters. The number of aliphatic hydroxyl groups is 1. The van der Waals surface area contributed by atoms with Crippen LogP contribution in [0.5, 0.6) is 5.75 Å². The first-order valence-electron chi connectivity index (χ1n) is 7.80. The summed E-state index contributed by atoms with van der Waals surface area (Å²) in [6.07, 6.45) is 0.631. The van der Waals surface area contributed by atoms with Gasteiger partial charge in [-0.25, -0.2) is 4.79 Å². The van der Waals surface area contributed by atoms with Crippen molar-refractivity contribution in [2.45, 2.75) is 13.0 Å². The fourth-order valence-electron chi connectivity index (χ4n) is 2.57. The Morgan fingerprint density at radius 2 is 1.42 bits per heavy atom. The maximum atomic E-state index is 12.4. The number of hydrogen-bond acceptors (Lipinski definition) is 3. The third-order valence-corrected chi connectivity index (χ3v) is 3.79. The lowest BCUT2D eigenvalue weighted by molar-refractivity contribution is 0.0729. The van der Waals surface area contributed by atoms with Gasteiger partial charge in [-0.3, -0.25) is 0 Å². The zero-order valence-electron chi connectivity index (χ0n) is 13.2. The topological polar surface area (TPSA) is 46.5 Å². The molecule has 0 aliphatic carbocycles. The molecule has 1 N–H and O–H groups in total. The van der Waals surface area contributed by atoms with Crippen molar-refractivity contribution in [1.82, 2.24) is 0 Å². The first-order chi connectivity index (χ1) is 11.8. The van der Waals surface area contributed by atoms with E-state index in [0.29, 0.717) is 23.3 Å². The zero-order chi connectivity index (χ0) is 16.8. The number of esters is 1. The largest absolute Gasteiger partial charge is 0.422 e. The highest BCUT2D eigenvalue weighted by molar-refractivity contribution is 5.91. The van der Waals surface area contributed by atoms with E-state index in [1.54, 1.807) is 30.3 Å². The minimum Gasteiger partial charge on any atom is -0.422 e. The van der Waals surface area contributed by atoms with Crippen LogP contribution in [0.25, 0.3) is 0 Å². The molecule has 3 heteroatoms. The SMILES string of the molecule is O=C(Oc1c(CO)cccc1Cc1ccccc1)c1ccccc1. The van der Waals surface area contributed by atoms with Crippen LogP contribution >= 0.6 is 0 Å². The van der Waals surface area contributed by atoms with Crippen molar-refractivity contribution < 1.29 is 14.6 Å². The molecule has 0 spiro atoms. The maximum Gasteiger partial charge on any atom is 0.343 e. The van der Waals surface area contributed by atoms with Crippen LogP contribution in [0.2, 0.25) is 0 Å². The molecule has 3 rings (SSSR count). The molecule has 0 heterocycles. The van der Waals surface area contributed by atoms with Gasteiger partial charge in [0.15, 0.2) is 0 Å². The van der Waals surface area contributed by atoms with E-state index in [1.807, 2.05) is 48.5 Å². The zero-order valence-corrected chi connectivity index (χ0v) is 13.2. The van der Waals surface area contributed by atoms with E-state index in [-0.39, 0.29) is 6.61 Å². The fourth-order valence-corrected chi connectivity index (χ4v) is 2.57. The molecule has 0 aromatic heterocycles. The van der Waals surface area contributed by atoms with Crippen molar-refractivity contribution in [3.63, 3.8) is 0 Å². The highest BCUT2D eigenvalue weighted by Gasteiger charge is 2.15. The van der Waals surface area contributed by atoms with Crippen LogP contribution in [0.3, 0.4) is 0 Å². The van der Waals surface area contributed by atoms with Crippen molar-refractivity contribution in [2.24, 2.45) is 0 Å². The Morgan fingerprint density at radius 1 is 0.792 bits per heavy atom. The van der Waals surface area contributed by atoms with Gasteiger partial charge in [-0.05, 0) is 23.3 Å². The van der Waals surface area contributed by atoms with Crippen LogP contribution in [0.4, 0.5) is 0 Å². The highest BCUT2D eigenvalue weighted by Crippen LogP contribution is 2.27. The number of benzene rings is 3. The number of aliphatic hydroxyl groups excluding tert-OH is 1. The first-order valence-corrected chi connectivity index (χ1v) is 7.80. The van der Waals surface area contributed by atoms with Gasteiger partial charge in [-0.15, -0.1) is 0 Å². The van der Waals surface area contributed by atoms with Gasteiger partial charge < -0.3 is 9.84 Å². The van der Waals surface area contributed by atoms with Gasteiger partial charge >= 0.3 is 5.97 Å². The lowest BCUT2D eigenvalue weighted by atomic mass is 10.0. The van der Waals surface area contributed by atoms with E-state index in [2.05, 4.69) is 0 Å². The van der Waals surface area contributed by atoms with Gasteiger partial charge in [0.05, 0.1) is 12.2 Å². The van der Waals surface area contributed by atoms with Crippen LogP contribution in [-0.2, 0) is 13.0 Å². The molecule has 3 nitrogen and oxygen atoms in total. The maximum absolute atomic E-state index is 12.4. The standard InChI is InChI=1S/C21H18O3/c22-15-19-13-7-12-18(14-16-8-3-1-4-9-16)20(19)24-21(23)17-10-5-2-6-11-17/h1-13,22H,14-15H2. The van der Waals surface area contributed by atoms with E-state index in [0.717, 1.165) is 11.1 Å². The molecule has 120 valence electrons. The second-order valence-electron chi connectivity index (χ2n) is 5.48. The van der Waals surface area contributed by atoms with E-state index >= 15 is 0 Å². The summed E-state index contributed by atoms with van der Waals surface area (Å²) in [4.78, 5) is 12.4. The predicted octanol–water partition coefficient (Wildman–Crippen LogP) is 3.99. The van der Waals surface area contributed by atoms with Crippen LogP contribution in [0, 0.1) is 0 Å². The average Bonchev–Trinajstić information content (AvgIpc) is 2.64. The summed E-state index contributed by atoms with van der Waals surface area (Å²) in [5.41, 5.74) is 3.07. The van der Waals surface area contributed by atoms with Crippen LogP contribution in [-0.4, -0.2) is 11.1 Å². The third kappa shape index (κ3) is 3.70. The second kappa shape index (κ2) is 7.57. The lowest BCUT2D eigenvalue weighted by Crippen LogP contribution is -2.11. The molecule has 0 unspecified atom stereocenters. The van der Waals surface area contributed by atoms with Gasteiger partial charge in [-0.1, -0.05) is 66.7 Å². The number of para-hydroxylation sites is 1. The van der Waals surface area contributed by atoms with Crippen molar-refractivity contribution in [3.05, 3.63) is 101 Å². The monoisotopic (exact) mass is 318 g/mol. The summed E-state index contributed by atoms with van der Waals surface area (Å²) < 4.78 is 5.63. The van der Waals surface area contributed by atoms with Crippen molar-refractivity contribution in [1.29, 1.82) is 0 Å². The quantitative estimate of drug-likeness (QED) is 0.571. The predicted molar refractivity (Wildman–Crippen MR) is 93.0 cm³/mol. The van der Waals surface area contributed by atoms with Gasteiger partial charge in [0.25, 0.3) is 0 Å². The van der Waals surface area contributed by atoms with Gasteiger partial charge in [0.2, 0.25) is 0 Å². The molecular weight excluding hydrogens is 300 g/mol. The van der Waals surface area contributed by atoms with Gasteiger partial charge in [0.1, 0.15) is 5.75 Å². The number of carbonyl (C=O) groups is 1. The smallest absolute Gasteiger partial charge is 0.343 e. The molecular formula is C21H18O3. The molecule has 0 radical (unpaired) electrons. The minimum atomic E-state index is -0.425. The molecule has 0 saturated heterocycles. The summed E-state index contributed by atoms with van der Waals surface area (Å²) in [5.74, 6) is 0.0171. The Balaban J connectivity index is 1.92. The van der Waals surface area contributed by atoms with Gasteiger partial charge in [-0.2, -0.15) is 0 Å².